The first-order chi connectivity index (χ1) is 6.75. The van der Waals surface area contributed by atoms with E-state index in [1.54, 1.807) is 0 Å². The van der Waals surface area contributed by atoms with Crippen LogP contribution in [0.1, 0.15) is 5.56 Å². The zero-order chi connectivity index (χ0) is 9.97. The maximum atomic E-state index is 3.42. The Morgan fingerprint density at radius 1 is 1.07 bits per heavy atom. The quantitative estimate of drug-likeness (QED) is 0.465. The molecule has 1 nitrogen and oxygen atoms in total. The molecule has 0 atom stereocenters. The van der Waals surface area contributed by atoms with Crippen LogP contribution >= 0.6 is 0 Å². The molecule has 0 unspecified atom stereocenters. The number of hydrogen-bond acceptors (Lipinski definition) is 1. The van der Waals surface area contributed by atoms with Gasteiger partial charge in [0.1, 0.15) is 0 Å². The largest absolute Gasteiger partial charge is 1.00 e. The molecule has 2 aromatic carbocycles. The summed E-state index contributed by atoms with van der Waals surface area (Å²) in [4.78, 5) is 2.15. The molecule has 0 amide bonds. The van der Waals surface area contributed by atoms with Gasteiger partial charge in [0.25, 0.3) is 0 Å². The number of nitrogens with zero attached hydrogens (tertiary/aromatic N) is 1. The molecule has 0 aromatic heterocycles. The predicted molar refractivity (Wildman–Crippen MR) is 60.2 cm³/mol. The molecule has 72 valence electrons. The Hall–Kier alpha value is -0.743. The van der Waals surface area contributed by atoms with E-state index in [1.165, 1.54) is 16.3 Å². The van der Waals surface area contributed by atoms with Crippen LogP contribution in [0.4, 0.5) is 0 Å². The van der Waals surface area contributed by atoms with Crippen LogP contribution in [0.3, 0.4) is 0 Å². The summed E-state index contributed by atoms with van der Waals surface area (Å²) in [6.45, 7) is 0.949. The van der Waals surface area contributed by atoms with Crippen LogP contribution in [0.2, 0.25) is 0 Å². The van der Waals surface area contributed by atoms with Crippen LogP contribution in [-0.2, 0) is 6.54 Å². The van der Waals surface area contributed by atoms with Crippen molar-refractivity contribution in [3.05, 3.63) is 48.0 Å². The second-order valence-electron chi connectivity index (χ2n) is 3.81. The molecule has 0 saturated carbocycles. The molecule has 0 aliphatic rings. The van der Waals surface area contributed by atoms with Gasteiger partial charge in [0.05, 0.1) is 0 Å². The maximum absolute atomic E-state index is 3.42. The van der Waals surface area contributed by atoms with Gasteiger partial charge in [0.2, 0.25) is 0 Å². The molecule has 0 N–H and O–H groups in total. The normalized spacial score (nSPS) is 10.3. The second kappa shape index (κ2) is 5.37. The van der Waals surface area contributed by atoms with Crippen molar-refractivity contribution in [1.82, 2.24) is 4.90 Å². The first kappa shape index (κ1) is 12.3. The maximum Gasteiger partial charge on any atom is 1.00 e. The van der Waals surface area contributed by atoms with Crippen LogP contribution in [0.15, 0.2) is 36.4 Å². The average Bonchev–Trinajstić information content (AvgIpc) is 2.17. The van der Waals surface area contributed by atoms with Crippen LogP contribution in [-0.4, -0.2) is 19.0 Å². The molecule has 0 fully saturated rings. The van der Waals surface area contributed by atoms with E-state index in [9.17, 15) is 0 Å². The molecule has 0 heterocycles. The zero-order valence-corrected chi connectivity index (χ0v) is 9.62. The molecule has 2 heteroatoms. The van der Waals surface area contributed by atoms with E-state index in [1.807, 2.05) is 0 Å². The van der Waals surface area contributed by atoms with Crippen molar-refractivity contribution in [1.29, 1.82) is 0 Å². The van der Waals surface area contributed by atoms with E-state index in [0.29, 0.717) is 0 Å². The summed E-state index contributed by atoms with van der Waals surface area (Å²) < 4.78 is 0. The fourth-order valence-electron chi connectivity index (χ4n) is 1.59. The molecule has 0 saturated heterocycles. The van der Waals surface area contributed by atoms with Gasteiger partial charge in [-0.25, -0.2) is 0 Å². The number of rotatable bonds is 2. The minimum atomic E-state index is 0. The molecule has 0 radical (unpaired) electrons. The van der Waals surface area contributed by atoms with Crippen molar-refractivity contribution in [2.75, 3.05) is 14.1 Å². The Bertz CT molecular complexity index is 437. The molecule has 0 aliphatic carbocycles. The van der Waals surface area contributed by atoms with Gasteiger partial charge in [-0.3, -0.25) is 0 Å². The van der Waals surface area contributed by atoms with E-state index in [0.717, 1.165) is 6.54 Å². The number of fused-ring (bicyclic) bond motifs is 1. The summed E-state index contributed by atoms with van der Waals surface area (Å²) >= 11 is 0. The van der Waals surface area contributed by atoms with Gasteiger partial charge in [-0.2, -0.15) is 0 Å². The van der Waals surface area contributed by atoms with E-state index in [2.05, 4.69) is 61.5 Å². The van der Waals surface area contributed by atoms with Crippen molar-refractivity contribution in [2.24, 2.45) is 0 Å². The zero-order valence-electron chi connectivity index (χ0n) is 9.62. The standard InChI is InChI=1S/C13H14N.Li/c1-14(2)10-11-7-8-12-5-3-4-6-13(12)9-11;/h3-8H,10H2,1-2H3;/q-1;+1. The first-order valence-corrected chi connectivity index (χ1v) is 4.80. The molecular weight excluding hydrogens is 177 g/mol. The summed E-state index contributed by atoms with van der Waals surface area (Å²) in [6.07, 6.45) is 0. The van der Waals surface area contributed by atoms with Gasteiger partial charge < -0.3 is 4.90 Å². The molecule has 2 rings (SSSR count). The number of hydrogen-bond donors (Lipinski definition) is 0. The third-order valence-corrected chi connectivity index (χ3v) is 2.21. The minimum absolute atomic E-state index is 0. The smallest absolute Gasteiger partial charge is 0.307 e. The SMILES string of the molecule is CN(C)Cc1[c-]c2ccccc2cc1.[Li+]. The minimum Gasteiger partial charge on any atom is -0.307 e. The van der Waals surface area contributed by atoms with Gasteiger partial charge >= 0.3 is 18.9 Å². The van der Waals surface area contributed by atoms with Crippen molar-refractivity contribution < 1.29 is 18.9 Å². The van der Waals surface area contributed by atoms with E-state index >= 15 is 0 Å². The summed E-state index contributed by atoms with van der Waals surface area (Å²) in [7, 11) is 4.14. The van der Waals surface area contributed by atoms with E-state index in [-0.39, 0.29) is 18.9 Å². The molecule has 15 heavy (non-hydrogen) atoms. The van der Waals surface area contributed by atoms with E-state index < -0.39 is 0 Å². The molecule has 0 aliphatic heterocycles. The van der Waals surface area contributed by atoms with Crippen molar-refractivity contribution in [2.45, 2.75) is 6.54 Å². The first-order valence-electron chi connectivity index (χ1n) is 4.80. The monoisotopic (exact) mass is 191 g/mol. The third kappa shape index (κ3) is 3.11. The Morgan fingerprint density at radius 3 is 2.53 bits per heavy atom. The number of benzene rings is 2. The Labute approximate surface area is 103 Å². The fourth-order valence-corrected chi connectivity index (χ4v) is 1.59. The van der Waals surface area contributed by atoms with Gasteiger partial charge in [0.15, 0.2) is 0 Å². The molecular formula is C13H14LiN. The molecule has 2 aromatic rings. The summed E-state index contributed by atoms with van der Waals surface area (Å²) in [6, 6.07) is 16.0. The van der Waals surface area contributed by atoms with E-state index in [4.69, 9.17) is 0 Å². The van der Waals surface area contributed by atoms with Crippen molar-refractivity contribution in [3.63, 3.8) is 0 Å². The van der Waals surface area contributed by atoms with Crippen LogP contribution < -0.4 is 18.9 Å². The second-order valence-corrected chi connectivity index (χ2v) is 3.81. The topological polar surface area (TPSA) is 3.24 Å². The summed E-state index contributed by atoms with van der Waals surface area (Å²) in [5.74, 6) is 0. The van der Waals surface area contributed by atoms with Gasteiger partial charge in [-0.15, -0.1) is 46.7 Å². The molecule has 0 bridgehead atoms. The Balaban J connectivity index is 0.00000112. The van der Waals surface area contributed by atoms with Crippen LogP contribution in [0, 0.1) is 6.07 Å². The van der Waals surface area contributed by atoms with Crippen LogP contribution in [0.5, 0.6) is 0 Å². The average molecular weight is 191 g/mol. The Morgan fingerprint density at radius 2 is 1.80 bits per heavy atom. The van der Waals surface area contributed by atoms with Crippen molar-refractivity contribution in [3.8, 4) is 0 Å². The van der Waals surface area contributed by atoms with Gasteiger partial charge in [-0.05, 0) is 14.1 Å². The predicted octanol–water partition coefficient (Wildman–Crippen LogP) is -0.294. The van der Waals surface area contributed by atoms with Gasteiger partial charge in [0, 0.05) is 6.54 Å². The van der Waals surface area contributed by atoms with Crippen molar-refractivity contribution >= 4 is 10.8 Å². The third-order valence-electron chi connectivity index (χ3n) is 2.21. The summed E-state index contributed by atoms with van der Waals surface area (Å²) in [5.41, 5.74) is 1.24. The molecule has 0 spiro atoms. The Kier molecular flexibility index (Phi) is 4.41. The van der Waals surface area contributed by atoms with Crippen LogP contribution in [0.25, 0.3) is 10.8 Å². The summed E-state index contributed by atoms with van der Waals surface area (Å²) in [5, 5.41) is 2.46. The van der Waals surface area contributed by atoms with Gasteiger partial charge in [-0.1, -0.05) is 12.1 Å². The fraction of sp³-hybridized carbons (Fsp3) is 0.231.